The fourth-order valence-electron chi connectivity index (χ4n) is 0.875. The summed E-state index contributed by atoms with van der Waals surface area (Å²) in [5.41, 5.74) is 7.48. The quantitative estimate of drug-likeness (QED) is 0.707. The fraction of sp³-hybridized carbons (Fsp3) is 0.231. The van der Waals surface area contributed by atoms with Crippen LogP contribution in [0.15, 0.2) is 48.2 Å². The summed E-state index contributed by atoms with van der Waals surface area (Å²) in [6.45, 7) is 5.87. The minimum atomic E-state index is 0.821. The maximum atomic E-state index is 5.47. The molecule has 2 N–H and O–H groups in total. The van der Waals surface area contributed by atoms with Crippen molar-refractivity contribution in [3.63, 3.8) is 0 Å². The fourth-order valence-corrected chi connectivity index (χ4v) is 0.875. The van der Waals surface area contributed by atoms with E-state index in [0.717, 1.165) is 5.70 Å². The molecule has 0 bridgehead atoms. The first-order valence-electron chi connectivity index (χ1n) is 4.94. The van der Waals surface area contributed by atoms with Crippen LogP contribution in [0, 0.1) is 0 Å². The molecule has 14 heavy (non-hydrogen) atoms. The first-order chi connectivity index (χ1) is 6.79. The molecule has 0 fully saturated rings. The molecule has 1 nitrogen and oxygen atoms in total. The molecule has 0 aliphatic rings. The van der Waals surface area contributed by atoms with Gasteiger partial charge in [0.1, 0.15) is 0 Å². The first-order valence-corrected chi connectivity index (χ1v) is 4.94. The van der Waals surface area contributed by atoms with Crippen LogP contribution in [0.3, 0.4) is 0 Å². The lowest BCUT2D eigenvalue weighted by Gasteiger charge is -1.89. The Morgan fingerprint density at radius 2 is 1.71 bits per heavy atom. The third kappa shape index (κ3) is 6.06. The van der Waals surface area contributed by atoms with Crippen molar-refractivity contribution in [3.8, 4) is 0 Å². The van der Waals surface area contributed by atoms with Gasteiger partial charge in [0.15, 0.2) is 0 Å². The van der Waals surface area contributed by atoms with Gasteiger partial charge in [-0.15, -0.1) is 0 Å². The van der Waals surface area contributed by atoms with Crippen LogP contribution in [0.25, 0.3) is 6.08 Å². The molecule has 0 saturated carbocycles. The lowest BCUT2D eigenvalue weighted by Crippen LogP contribution is -1.87. The molecular formula is C13H19N. The number of rotatable bonds is 2. The van der Waals surface area contributed by atoms with E-state index in [-0.39, 0.29) is 0 Å². The molecule has 1 aromatic carbocycles. The van der Waals surface area contributed by atoms with Gasteiger partial charge < -0.3 is 5.73 Å². The Morgan fingerprint density at radius 3 is 2.21 bits per heavy atom. The van der Waals surface area contributed by atoms with Crippen molar-refractivity contribution in [2.24, 2.45) is 5.73 Å². The van der Waals surface area contributed by atoms with E-state index < -0.39 is 0 Å². The van der Waals surface area contributed by atoms with Crippen LogP contribution < -0.4 is 5.73 Å². The van der Waals surface area contributed by atoms with Crippen LogP contribution >= 0.6 is 0 Å². The maximum absolute atomic E-state index is 5.47. The minimum Gasteiger partial charge on any atom is -0.402 e. The van der Waals surface area contributed by atoms with Crippen molar-refractivity contribution in [1.29, 1.82) is 0 Å². The summed E-state index contributed by atoms with van der Waals surface area (Å²) in [6.07, 6.45) is 5.86. The molecular weight excluding hydrogens is 170 g/mol. The van der Waals surface area contributed by atoms with E-state index in [1.54, 1.807) is 0 Å². The summed E-state index contributed by atoms with van der Waals surface area (Å²) < 4.78 is 0. The molecule has 0 heterocycles. The van der Waals surface area contributed by atoms with Crippen molar-refractivity contribution in [2.75, 3.05) is 0 Å². The van der Waals surface area contributed by atoms with E-state index in [2.05, 4.69) is 12.1 Å². The van der Waals surface area contributed by atoms with Gasteiger partial charge in [-0.1, -0.05) is 56.3 Å². The monoisotopic (exact) mass is 189 g/mol. The van der Waals surface area contributed by atoms with Gasteiger partial charge in [0, 0.05) is 5.70 Å². The second kappa shape index (κ2) is 8.11. The van der Waals surface area contributed by atoms with Crippen LogP contribution in [-0.2, 0) is 0 Å². The van der Waals surface area contributed by atoms with Gasteiger partial charge in [0.2, 0.25) is 0 Å². The number of hydrogen-bond donors (Lipinski definition) is 1. The SMILES string of the molecule is C/C(N)=C/C=C/c1ccccc1.CC. The highest BCUT2D eigenvalue weighted by atomic mass is 14.5. The van der Waals surface area contributed by atoms with Crippen molar-refractivity contribution in [1.82, 2.24) is 0 Å². The molecule has 1 rings (SSSR count). The van der Waals surface area contributed by atoms with Crippen molar-refractivity contribution in [3.05, 3.63) is 53.7 Å². The van der Waals surface area contributed by atoms with Crippen LogP contribution in [0.4, 0.5) is 0 Å². The highest BCUT2D eigenvalue weighted by Gasteiger charge is 1.79. The van der Waals surface area contributed by atoms with E-state index >= 15 is 0 Å². The van der Waals surface area contributed by atoms with E-state index in [4.69, 9.17) is 5.73 Å². The maximum Gasteiger partial charge on any atom is 0.00488 e. The Hall–Kier alpha value is -1.50. The Labute approximate surface area is 87.0 Å². The molecule has 0 aliphatic carbocycles. The molecule has 0 spiro atoms. The third-order valence-electron chi connectivity index (χ3n) is 1.45. The highest BCUT2D eigenvalue weighted by molar-refractivity contribution is 5.50. The second-order valence-electron chi connectivity index (χ2n) is 2.68. The van der Waals surface area contributed by atoms with Crippen molar-refractivity contribution in [2.45, 2.75) is 20.8 Å². The van der Waals surface area contributed by atoms with Gasteiger partial charge in [0.25, 0.3) is 0 Å². The summed E-state index contributed by atoms with van der Waals surface area (Å²) in [6, 6.07) is 10.1. The molecule has 0 radical (unpaired) electrons. The predicted octanol–water partition coefficient (Wildman–Crippen LogP) is 3.59. The molecule has 76 valence electrons. The van der Waals surface area contributed by atoms with Gasteiger partial charge in [-0.25, -0.2) is 0 Å². The van der Waals surface area contributed by atoms with Crippen LogP contribution in [0.1, 0.15) is 26.3 Å². The molecule has 0 unspecified atom stereocenters. The Bertz CT molecular complexity index is 279. The molecule has 1 aromatic rings. The number of nitrogens with two attached hydrogens (primary N) is 1. The number of benzene rings is 1. The van der Waals surface area contributed by atoms with Crippen LogP contribution in [0.2, 0.25) is 0 Å². The smallest absolute Gasteiger partial charge is 0.00488 e. The largest absolute Gasteiger partial charge is 0.402 e. The third-order valence-corrected chi connectivity index (χ3v) is 1.45. The average Bonchev–Trinajstić information content (AvgIpc) is 2.22. The number of allylic oxidation sites excluding steroid dienone is 3. The van der Waals surface area contributed by atoms with E-state index in [1.807, 2.05) is 57.2 Å². The zero-order valence-corrected chi connectivity index (χ0v) is 9.20. The summed E-state index contributed by atoms with van der Waals surface area (Å²) in [4.78, 5) is 0. The zero-order chi connectivity index (χ0) is 10.8. The normalized spacial score (nSPS) is 10.9. The van der Waals surface area contributed by atoms with Gasteiger partial charge in [-0.2, -0.15) is 0 Å². The number of hydrogen-bond acceptors (Lipinski definition) is 1. The van der Waals surface area contributed by atoms with E-state index in [1.165, 1.54) is 5.56 Å². The average molecular weight is 189 g/mol. The molecule has 0 atom stereocenters. The van der Waals surface area contributed by atoms with E-state index in [9.17, 15) is 0 Å². The van der Waals surface area contributed by atoms with Crippen LogP contribution in [-0.4, -0.2) is 0 Å². The van der Waals surface area contributed by atoms with Crippen molar-refractivity contribution < 1.29 is 0 Å². The Kier molecular flexibility index (Phi) is 7.24. The standard InChI is InChI=1S/C11H13N.C2H6/c1-10(12)6-5-9-11-7-3-2-4-8-11;1-2/h2-9H,12H2,1H3;1-2H3/b9-5+,10-6-;. The van der Waals surface area contributed by atoms with Gasteiger partial charge in [-0.05, 0) is 18.6 Å². The molecule has 0 aliphatic heterocycles. The first kappa shape index (κ1) is 12.5. The zero-order valence-electron chi connectivity index (χ0n) is 9.20. The molecule has 1 heteroatoms. The summed E-state index contributed by atoms with van der Waals surface area (Å²) in [5.74, 6) is 0. The lowest BCUT2D eigenvalue weighted by atomic mass is 10.2. The topological polar surface area (TPSA) is 26.0 Å². The highest BCUT2D eigenvalue weighted by Crippen LogP contribution is 2.00. The summed E-state index contributed by atoms with van der Waals surface area (Å²) >= 11 is 0. The minimum absolute atomic E-state index is 0.821. The Balaban J connectivity index is 0.000000791. The Morgan fingerprint density at radius 1 is 1.14 bits per heavy atom. The van der Waals surface area contributed by atoms with Gasteiger partial charge in [-0.3, -0.25) is 0 Å². The van der Waals surface area contributed by atoms with Gasteiger partial charge in [0.05, 0.1) is 0 Å². The second-order valence-corrected chi connectivity index (χ2v) is 2.68. The summed E-state index contributed by atoms with van der Waals surface area (Å²) in [5, 5.41) is 0. The summed E-state index contributed by atoms with van der Waals surface area (Å²) in [7, 11) is 0. The van der Waals surface area contributed by atoms with Crippen molar-refractivity contribution >= 4 is 6.08 Å². The molecule has 0 aromatic heterocycles. The van der Waals surface area contributed by atoms with E-state index in [0.29, 0.717) is 0 Å². The lowest BCUT2D eigenvalue weighted by molar-refractivity contribution is 1.32. The molecule has 0 amide bonds. The van der Waals surface area contributed by atoms with Gasteiger partial charge >= 0.3 is 0 Å². The predicted molar refractivity (Wildman–Crippen MR) is 64.8 cm³/mol. The van der Waals surface area contributed by atoms with Crippen LogP contribution in [0.5, 0.6) is 0 Å². The molecule has 0 saturated heterocycles.